The molecule has 1 aliphatic heterocycles. The molecule has 1 saturated heterocycles. The zero-order valence-corrected chi connectivity index (χ0v) is 15.4. The summed E-state index contributed by atoms with van der Waals surface area (Å²) in [6.07, 6.45) is 6.18. The number of benzene rings is 1. The molecule has 1 aromatic carbocycles. The molecule has 1 N–H and O–H groups in total. The van der Waals surface area contributed by atoms with Gasteiger partial charge in [0.1, 0.15) is 0 Å². The molecule has 4 rings (SSSR count). The first-order valence-corrected chi connectivity index (χ1v) is 9.46. The molecule has 1 aromatic heterocycles. The van der Waals surface area contributed by atoms with Crippen LogP contribution in [0.3, 0.4) is 0 Å². The lowest BCUT2D eigenvalue weighted by atomic mass is 9.99. The minimum atomic E-state index is 0.730. The van der Waals surface area contributed by atoms with Crippen molar-refractivity contribution in [1.29, 1.82) is 0 Å². The van der Waals surface area contributed by atoms with Crippen LogP contribution >= 0.6 is 0 Å². The van der Waals surface area contributed by atoms with Crippen LogP contribution in [-0.4, -0.2) is 54.3 Å². The number of hydrogen-bond donors (Lipinski definition) is 1. The highest BCUT2D eigenvalue weighted by molar-refractivity contribution is 5.88. The van der Waals surface area contributed by atoms with Crippen molar-refractivity contribution in [2.75, 3.05) is 44.7 Å². The van der Waals surface area contributed by atoms with Gasteiger partial charge in [0, 0.05) is 37.8 Å². The fourth-order valence-electron chi connectivity index (χ4n) is 3.62. The Hall–Kier alpha value is -2.24. The second-order valence-corrected chi connectivity index (χ2v) is 7.00. The minimum absolute atomic E-state index is 0.730. The van der Waals surface area contributed by atoms with Gasteiger partial charge < -0.3 is 10.1 Å². The van der Waals surface area contributed by atoms with Gasteiger partial charge in [-0.2, -0.15) is 0 Å². The number of aryl methyl sites for hydroxylation is 1. The number of anilines is 1. The highest BCUT2D eigenvalue weighted by atomic mass is 16.5. The molecule has 0 bridgehead atoms. The van der Waals surface area contributed by atoms with E-state index in [1.54, 1.807) is 0 Å². The Labute approximate surface area is 155 Å². The topological polar surface area (TPSA) is 50.3 Å². The molecule has 2 aromatic rings. The zero-order chi connectivity index (χ0) is 17.8. The first-order chi connectivity index (χ1) is 12.8. The van der Waals surface area contributed by atoms with Crippen molar-refractivity contribution < 1.29 is 4.74 Å². The molecule has 0 atom stereocenters. The van der Waals surface area contributed by atoms with Gasteiger partial charge in [-0.05, 0) is 42.7 Å². The average Bonchev–Trinajstić information content (AvgIpc) is 3.09. The van der Waals surface area contributed by atoms with Crippen LogP contribution in [0.25, 0.3) is 11.6 Å². The predicted molar refractivity (Wildman–Crippen MR) is 105 cm³/mol. The molecule has 0 spiro atoms. The highest BCUT2D eigenvalue weighted by Crippen LogP contribution is 2.31. The fraction of sp³-hybridized carbons (Fsp3) is 0.429. The van der Waals surface area contributed by atoms with E-state index in [0.717, 1.165) is 63.9 Å². The van der Waals surface area contributed by atoms with Crippen molar-refractivity contribution in [3.05, 3.63) is 52.8 Å². The van der Waals surface area contributed by atoms with Crippen molar-refractivity contribution in [3.8, 4) is 0 Å². The van der Waals surface area contributed by atoms with Crippen LogP contribution in [0.2, 0.25) is 0 Å². The Morgan fingerprint density at radius 1 is 1.19 bits per heavy atom. The quantitative estimate of drug-likeness (QED) is 0.812. The number of fused-ring (bicyclic) bond motifs is 1. The van der Waals surface area contributed by atoms with Crippen LogP contribution in [-0.2, 0) is 11.2 Å². The molecule has 5 heteroatoms. The maximum atomic E-state index is 5.38. The smallest absolute Gasteiger partial charge is 0.223 e. The Bertz CT molecular complexity index is 796. The fourth-order valence-corrected chi connectivity index (χ4v) is 3.62. The normalized spacial score (nSPS) is 17.0. The summed E-state index contributed by atoms with van der Waals surface area (Å²) in [5, 5.41) is 3.37. The van der Waals surface area contributed by atoms with E-state index in [2.05, 4.69) is 52.5 Å². The number of allylic oxidation sites excluding steroid dienone is 1. The van der Waals surface area contributed by atoms with E-state index >= 15 is 0 Å². The minimum Gasteiger partial charge on any atom is -0.379 e. The first kappa shape index (κ1) is 17.2. The van der Waals surface area contributed by atoms with Crippen LogP contribution in [0, 0.1) is 6.92 Å². The third-order valence-electron chi connectivity index (χ3n) is 5.12. The lowest BCUT2D eigenvalue weighted by Crippen LogP contribution is -2.37. The number of aromatic nitrogens is 2. The van der Waals surface area contributed by atoms with Crippen molar-refractivity contribution >= 4 is 17.6 Å². The van der Waals surface area contributed by atoms with Gasteiger partial charge in [-0.3, -0.25) is 4.90 Å². The summed E-state index contributed by atoms with van der Waals surface area (Å²) in [4.78, 5) is 11.7. The average molecular weight is 350 g/mol. The number of nitrogens with one attached hydrogen (secondary N) is 1. The van der Waals surface area contributed by atoms with Gasteiger partial charge in [-0.25, -0.2) is 9.97 Å². The monoisotopic (exact) mass is 350 g/mol. The maximum absolute atomic E-state index is 5.38. The Balaban J connectivity index is 1.34. The van der Waals surface area contributed by atoms with Crippen molar-refractivity contribution in [2.24, 2.45) is 0 Å². The third kappa shape index (κ3) is 3.94. The Morgan fingerprint density at radius 2 is 2.04 bits per heavy atom. The summed E-state index contributed by atoms with van der Waals surface area (Å²) in [5.74, 6) is 0.730. The molecule has 0 amide bonds. The summed E-state index contributed by atoms with van der Waals surface area (Å²) in [6, 6.07) is 8.52. The van der Waals surface area contributed by atoms with E-state index in [1.807, 2.05) is 6.20 Å². The molecule has 2 aliphatic rings. The summed E-state index contributed by atoms with van der Waals surface area (Å²) >= 11 is 0. The molecule has 5 nitrogen and oxygen atoms in total. The number of ether oxygens (including phenoxy) is 1. The molecule has 1 fully saturated rings. The zero-order valence-electron chi connectivity index (χ0n) is 15.4. The van der Waals surface area contributed by atoms with Gasteiger partial charge in [-0.15, -0.1) is 0 Å². The summed E-state index contributed by atoms with van der Waals surface area (Å²) < 4.78 is 5.38. The van der Waals surface area contributed by atoms with Crippen molar-refractivity contribution in [2.45, 2.75) is 19.8 Å². The van der Waals surface area contributed by atoms with Gasteiger partial charge in [0.2, 0.25) is 5.95 Å². The molecule has 136 valence electrons. The van der Waals surface area contributed by atoms with Crippen LogP contribution in [0.5, 0.6) is 0 Å². The van der Waals surface area contributed by atoms with E-state index in [0.29, 0.717) is 0 Å². The highest BCUT2D eigenvalue weighted by Gasteiger charge is 2.17. The van der Waals surface area contributed by atoms with E-state index in [4.69, 9.17) is 9.72 Å². The first-order valence-electron chi connectivity index (χ1n) is 9.46. The van der Waals surface area contributed by atoms with Crippen molar-refractivity contribution in [1.82, 2.24) is 14.9 Å². The van der Waals surface area contributed by atoms with E-state index in [9.17, 15) is 0 Å². The van der Waals surface area contributed by atoms with E-state index in [-0.39, 0.29) is 0 Å². The second-order valence-electron chi connectivity index (χ2n) is 7.00. The Morgan fingerprint density at radius 3 is 2.88 bits per heavy atom. The molecule has 0 saturated carbocycles. The molecule has 1 aliphatic carbocycles. The van der Waals surface area contributed by atoms with Crippen LogP contribution in [0.1, 0.15) is 28.8 Å². The molecule has 26 heavy (non-hydrogen) atoms. The lowest BCUT2D eigenvalue weighted by molar-refractivity contribution is 0.0378. The number of hydrogen-bond acceptors (Lipinski definition) is 5. The summed E-state index contributed by atoms with van der Waals surface area (Å²) in [7, 11) is 0. The molecular formula is C21H26N4O. The van der Waals surface area contributed by atoms with Gasteiger partial charge in [-0.1, -0.05) is 24.3 Å². The standard InChI is InChI=1S/C21H26N4O/c1-16-5-2-3-6-19(16)17-13-18-15-23-21(24-20(18)14-17)22-7-4-8-25-9-11-26-12-10-25/h2-3,5-6,14-15H,4,7-13H2,1H3,(H,22,23,24). The van der Waals surface area contributed by atoms with Crippen LogP contribution in [0.4, 0.5) is 5.95 Å². The van der Waals surface area contributed by atoms with Gasteiger partial charge in [0.05, 0.1) is 18.9 Å². The molecule has 0 radical (unpaired) electrons. The van der Waals surface area contributed by atoms with Gasteiger partial charge >= 0.3 is 0 Å². The van der Waals surface area contributed by atoms with E-state index < -0.39 is 0 Å². The Kier molecular flexibility index (Phi) is 5.27. The number of rotatable bonds is 6. The SMILES string of the molecule is Cc1ccccc1C1=Cc2nc(NCCCN3CCOCC3)ncc2C1. The summed E-state index contributed by atoms with van der Waals surface area (Å²) in [6.45, 7) is 7.95. The van der Waals surface area contributed by atoms with Crippen molar-refractivity contribution in [3.63, 3.8) is 0 Å². The summed E-state index contributed by atoms with van der Waals surface area (Å²) in [5.41, 5.74) is 6.21. The largest absolute Gasteiger partial charge is 0.379 e. The van der Waals surface area contributed by atoms with Crippen LogP contribution in [0.15, 0.2) is 30.5 Å². The van der Waals surface area contributed by atoms with Gasteiger partial charge in [0.15, 0.2) is 0 Å². The van der Waals surface area contributed by atoms with Gasteiger partial charge in [0.25, 0.3) is 0 Å². The number of morpholine rings is 1. The second kappa shape index (κ2) is 7.98. The van der Waals surface area contributed by atoms with E-state index in [1.165, 1.54) is 22.3 Å². The third-order valence-corrected chi connectivity index (χ3v) is 5.12. The molecular weight excluding hydrogens is 324 g/mol. The predicted octanol–water partition coefficient (Wildman–Crippen LogP) is 3.02. The lowest BCUT2D eigenvalue weighted by Gasteiger charge is -2.26. The van der Waals surface area contributed by atoms with Crippen LogP contribution < -0.4 is 5.32 Å². The maximum Gasteiger partial charge on any atom is 0.223 e. The molecule has 2 heterocycles. The number of nitrogens with zero attached hydrogens (tertiary/aromatic N) is 3. The molecule has 0 unspecified atom stereocenters.